The van der Waals surface area contributed by atoms with Crippen LogP contribution >= 0.6 is 0 Å². The standard InChI is InChI=1S/C14H14N3O4S.Y/c1-9-8-10(2)17(3)14(18)13(9)16-15-11-6-4-5-7-12(11)22(19,20)21;/h4-7H,1-3H3,(H,19,20,21);/q-1;+3. The number of benzene rings is 1. The number of azo groups is 1. The van der Waals surface area contributed by atoms with Gasteiger partial charge in [0.25, 0.3) is 10.1 Å². The van der Waals surface area contributed by atoms with E-state index in [0.29, 0.717) is 11.3 Å². The average molecular weight is 409 g/mol. The maximum atomic E-state index is 12.1. The van der Waals surface area contributed by atoms with Gasteiger partial charge in [-0.2, -0.15) is 19.1 Å². The summed E-state index contributed by atoms with van der Waals surface area (Å²) in [7, 11) is -2.84. The predicted molar refractivity (Wildman–Crippen MR) is 80.4 cm³/mol. The van der Waals surface area contributed by atoms with Crippen molar-refractivity contribution in [2.24, 2.45) is 17.3 Å². The van der Waals surface area contributed by atoms with Crippen LogP contribution in [-0.4, -0.2) is 17.5 Å². The van der Waals surface area contributed by atoms with Crippen LogP contribution in [0.25, 0.3) is 0 Å². The van der Waals surface area contributed by atoms with E-state index < -0.39 is 10.1 Å². The van der Waals surface area contributed by atoms with Crippen molar-refractivity contribution in [2.75, 3.05) is 0 Å². The summed E-state index contributed by atoms with van der Waals surface area (Å²) >= 11 is 0. The van der Waals surface area contributed by atoms with Crippen LogP contribution in [0.3, 0.4) is 0 Å². The molecule has 1 N–H and O–H groups in total. The number of nitrogens with zero attached hydrogens (tertiary/aromatic N) is 3. The van der Waals surface area contributed by atoms with Crippen molar-refractivity contribution in [3.8, 4) is 0 Å². The Balaban J connectivity index is 0.00000264. The van der Waals surface area contributed by atoms with Gasteiger partial charge in [-0.1, -0.05) is 24.8 Å². The molecule has 2 rings (SSSR count). The van der Waals surface area contributed by atoms with Gasteiger partial charge >= 0.3 is 32.7 Å². The monoisotopic (exact) mass is 409 g/mol. The van der Waals surface area contributed by atoms with E-state index >= 15 is 0 Å². The SMILES string of the molecule is Cc1[c-]c(C)n(C)c(=O)c1N=Nc1ccccc1S(=O)(=O)O.[Y+3]. The van der Waals surface area contributed by atoms with E-state index in [1.54, 1.807) is 27.0 Å². The summed E-state index contributed by atoms with van der Waals surface area (Å²) in [5, 5.41) is 7.62. The molecule has 0 radical (unpaired) electrons. The summed E-state index contributed by atoms with van der Waals surface area (Å²) in [6, 6.07) is 8.56. The molecule has 0 amide bonds. The minimum absolute atomic E-state index is 0. The van der Waals surface area contributed by atoms with Gasteiger partial charge in [-0.25, -0.2) is 11.2 Å². The molecule has 0 spiro atoms. The number of hydrogen-bond donors (Lipinski definition) is 1. The number of aryl methyl sites for hydroxylation is 2. The van der Waals surface area contributed by atoms with E-state index in [0.717, 1.165) is 0 Å². The molecule has 0 aliphatic carbocycles. The molecule has 1 heterocycles. The summed E-state index contributed by atoms with van der Waals surface area (Å²) in [4.78, 5) is 11.8. The van der Waals surface area contributed by atoms with Gasteiger partial charge < -0.3 is 4.57 Å². The zero-order valence-corrected chi connectivity index (χ0v) is 16.5. The van der Waals surface area contributed by atoms with E-state index in [-0.39, 0.29) is 54.5 Å². The van der Waals surface area contributed by atoms with Gasteiger partial charge in [0.1, 0.15) is 10.6 Å². The molecule has 0 bridgehead atoms. The van der Waals surface area contributed by atoms with Gasteiger partial charge in [0.05, 0.1) is 0 Å². The van der Waals surface area contributed by atoms with Gasteiger partial charge in [-0.3, -0.25) is 9.35 Å². The maximum Gasteiger partial charge on any atom is 3.00 e. The first-order valence-corrected chi connectivity index (χ1v) is 7.73. The van der Waals surface area contributed by atoms with Crippen molar-refractivity contribution in [2.45, 2.75) is 18.7 Å². The minimum atomic E-state index is -4.42. The van der Waals surface area contributed by atoms with Gasteiger partial charge in [-0.15, -0.1) is 0 Å². The maximum absolute atomic E-state index is 12.1. The second kappa shape index (κ2) is 7.57. The molecule has 0 atom stereocenters. The molecule has 0 aliphatic rings. The molecular weight excluding hydrogens is 395 g/mol. The largest absolute Gasteiger partial charge is 3.00 e. The molecule has 7 nitrogen and oxygen atoms in total. The Bertz CT molecular complexity index is 920. The van der Waals surface area contributed by atoms with E-state index in [9.17, 15) is 13.2 Å². The van der Waals surface area contributed by atoms with Crippen LogP contribution in [0.2, 0.25) is 0 Å². The van der Waals surface area contributed by atoms with Crippen molar-refractivity contribution >= 4 is 21.5 Å². The molecule has 1 aromatic heterocycles. The number of hydrogen-bond acceptors (Lipinski definition) is 5. The van der Waals surface area contributed by atoms with E-state index in [1.807, 2.05) is 0 Å². The van der Waals surface area contributed by atoms with Crippen LogP contribution in [-0.2, 0) is 49.9 Å². The normalized spacial score (nSPS) is 11.5. The fraction of sp³-hybridized carbons (Fsp3) is 0.214. The summed E-state index contributed by atoms with van der Waals surface area (Å²) in [6.45, 7) is 3.40. The average Bonchev–Trinajstić information content (AvgIpc) is 2.44. The number of aromatic nitrogens is 1. The molecule has 0 aliphatic heterocycles. The first-order chi connectivity index (χ1) is 10.2. The van der Waals surface area contributed by atoms with Crippen LogP contribution in [0.4, 0.5) is 11.4 Å². The van der Waals surface area contributed by atoms with Crippen LogP contribution in [0.15, 0.2) is 44.2 Å². The summed E-state index contributed by atoms with van der Waals surface area (Å²) in [6.07, 6.45) is 0. The zero-order valence-electron chi connectivity index (χ0n) is 12.8. The Morgan fingerprint density at radius 2 is 1.78 bits per heavy atom. The van der Waals surface area contributed by atoms with Crippen molar-refractivity contribution in [3.05, 3.63) is 51.9 Å². The molecule has 0 saturated heterocycles. The first-order valence-electron chi connectivity index (χ1n) is 6.29. The quantitative estimate of drug-likeness (QED) is 0.478. The Morgan fingerprint density at radius 3 is 2.39 bits per heavy atom. The number of rotatable bonds is 3. The molecule has 23 heavy (non-hydrogen) atoms. The Labute approximate surface area is 159 Å². The number of pyridine rings is 1. The molecular formula is C14H14N3O4SY+2. The van der Waals surface area contributed by atoms with Crippen molar-refractivity contribution in [3.63, 3.8) is 0 Å². The molecule has 1 aromatic carbocycles. The summed E-state index contributed by atoms with van der Waals surface area (Å²) < 4.78 is 33.1. The topological polar surface area (TPSA) is 101 Å². The van der Waals surface area contributed by atoms with Gasteiger partial charge in [0.15, 0.2) is 5.56 Å². The first kappa shape index (κ1) is 19.8. The zero-order chi connectivity index (χ0) is 16.5. The van der Waals surface area contributed by atoms with E-state index in [1.165, 1.54) is 22.8 Å². The summed E-state index contributed by atoms with van der Waals surface area (Å²) in [5.74, 6) is 0. The van der Waals surface area contributed by atoms with E-state index in [2.05, 4.69) is 16.3 Å². The van der Waals surface area contributed by atoms with E-state index in [4.69, 9.17) is 4.55 Å². The second-order valence-electron chi connectivity index (χ2n) is 4.69. The minimum Gasteiger partial charge on any atom is -0.347 e. The third-order valence-corrected chi connectivity index (χ3v) is 4.04. The Kier molecular flexibility index (Phi) is 6.53. The molecule has 116 valence electrons. The third kappa shape index (κ3) is 4.41. The van der Waals surface area contributed by atoms with Crippen molar-refractivity contribution in [1.29, 1.82) is 0 Å². The van der Waals surface area contributed by atoms with Crippen LogP contribution in [0, 0.1) is 19.9 Å². The second-order valence-corrected chi connectivity index (χ2v) is 6.08. The predicted octanol–water partition coefficient (Wildman–Crippen LogP) is 2.46. The molecule has 0 saturated carbocycles. The molecule has 2 aromatic rings. The van der Waals surface area contributed by atoms with Gasteiger partial charge in [0.2, 0.25) is 0 Å². The summed E-state index contributed by atoms with van der Waals surface area (Å²) in [5.41, 5.74) is 0.820. The van der Waals surface area contributed by atoms with Gasteiger partial charge in [-0.05, 0) is 19.1 Å². The fourth-order valence-corrected chi connectivity index (χ4v) is 2.49. The Morgan fingerprint density at radius 1 is 1.17 bits per heavy atom. The molecule has 9 heteroatoms. The van der Waals surface area contributed by atoms with Crippen molar-refractivity contribution < 1.29 is 45.7 Å². The van der Waals surface area contributed by atoms with Crippen LogP contribution in [0.1, 0.15) is 11.3 Å². The third-order valence-electron chi connectivity index (χ3n) is 3.13. The molecule has 0 fully saturated rings. The van der Waals surface area contributed by atoms with Crippen LogP contribution < -0.4 is 5.56 Å². The van der Waals surface area contributed by atoms with Crippen LogP contribution in [0.5, 0.6) is 0 Å². The Hall–Kier alpha value is -1.22. The molecule has 0 unspecified atom stereocenters. The van der Waals surface area contributed by atoms with Gasteiger partial charge in [0, 0.05) is 12.7 Å². The fourth-order valence-electron chi connectivity index (χ4n) is 1.87. The smallest absolute Gasteiger partial charge is 0.347 e. The van der Waals surface area contributed by atoms with Crippen molar-refractivity contribution in [1.82, 2.24) is 4.57 Å².